The third kappa shape index (κ3) is 4.70. The fraction of sp³-hybridized carbons (Fsp3) is 0.391. The summed E-state index contributed by atoms with van der Waals surface area (Å²) in [5, 5.41) is 2.86. The maximum Gasteiger partial charge on any atom is 0.265 e. The average molecular weight is 396 g/mol. The van der Waals surface area contributed by atoms with Crippen LogP contribution in [0, 0.1) is 5.41 Å². The molecule has 1 aliphatic heterocycles. The Balaban J connectivity index is 1.77. The van der Waals surface area contributed by atoms with Crippen LogP contribution in [-0.4, -0.2) is 31.1 Å². The molecule has 0 radical (unpaired) electrons. The smallest absolute Gasteiger partial charge is 0.265 e. The molecule has 1 heterocycles. The molecule has 0 aromatic heterocycles. The minimum atomic E-state index is -0.658. The van der Waals surface area contributed by atoms with Crippen LogP contribution >= 0.6 is 0 Å². The number of para-hydroxylation sites is 1. The van der Waals surface area contributed by atoms with Gasteiger partial charge in [-0.25, -0.2) is 0 Å². The van der Waals surface area contributed by atoms with E-state index in [0.29, 0.717) is 23.7 Å². The number of carbonyl (C=O) groups is 2. The zero-order valence-corrected chi connectivity index (χ0v) is 17.4. The third-order valence-electron chi connectivity index (χ3n) is 4.80. The number of carbonyl (C=O) groups excluding carboxylic acids is 2. The fourth-order valence-corrected chi connectivity index (χ4v) is 3.17. The second-order valence-electron chi connectivity index (χ2n) is 7.87. The van der Waals surface area contributed by atoms with E-state index in [2.05, 4.69) is 5.32 Å². The van der Waals surface area contributed by atoms with Gasteiger partial charge in [-0.3, -0.25) is 9.59 Å². The van der Waals surface area contributed by atoms with Crippen molar-refractivity contribution in [3.8, 4) is 11.5 Å². The topological polar surface area (TPSA) is 67.9 Å². The third-order valence-corrected chi connectivity index (χ3v) is 4.80. The van der Waals surface area contributed by atoms with E-state index in [1.54, 1.807) is 36.1 Å². The van der Waals surface area contributed by atoms with Crippen molar-refractivity contribution in [3.05, 3.63) is 48.5 Å². The highest BCUT2D eigenvalue weighted by atomic mass is 16.5. The SMILES string of the molecule is CCCN1C(=O)C(C)(C)COc2cc(NC(=O)C(C)Oc3ccccc3)ccc21. The Kier molecular flexibility index (Phi) is 6.11. The molecule has 0 bridgehead atoms. The highest BCUT2D eigenvalue weighted by Gasteiger charge is 2.37. The average Bonchev–Trinajstić information content (AvgIpc) is 2.79. The molecule has 2 amide bonds. The molecule has 1 unspecified atom stereocenters. The summed E-state index contributed by atoms with van der Waals surface area (Å²) >= 11 is 0. The van der Waals surface area contributed by atoms with Gasteiger partial charge in [0, 0.05) is 18.3 Å². The summed E-state index contributed by atoms with van der Waals surface area (Å²) in [6, 6.07) is 14.6. The molecule has 6 heteroatoms. The van der Waals surface area contributed by atoms with Gasteiger partial charge in [-0.15, -0.1) is 0 Å². The molecule has 2 aromatic carbocycles. The van der Waals surface area contributed by atoms with Crippen LogP contribution in [0.15, 0.2) is 48.5 Å². The molecule has 29 heavy (non-hydrogen) atoms. The summed E-state index contributed by atoms with van der Waals surface area (Å²) in [6.45, 7) is 8.40. The highest BCUT2D eigenvalue weighted by Crippen LogP contribution is 2.38. The van der Waals surface area contributed by atoms with Gasteiger partial charge in [0.15, 0.2) is 6.10 Å². The second kappa shape index (κ2) is 8.55. The molecule has 3 rings (SSSR count). The Morgan fingerprint density at radius 2 is 1.97 bits per heavy atom. The van der Waals surface area contributed by atoms with E-state index in [9.17, 15) is 9.59 Å². The Labute approximate surface area is 171 Å². The molecule has 6 nitrogen and oxygen atoms in total. The molecule has 1 N–H and O–H groups in total. The van der Waals surface area contributed by atoms with Gasteiger partial charge in [0.1, 0.15) is 18.1 Å². The Bertz CT molecular complexity index is 880. The van der Waals surface area contributed by atoms with Crippen LogP contribution in [0.25, 0.3) is 0 Å². The minimum absolute atomic E-state index is 0.0415. The van der Waals surface area contributed by atoms with E-state index in [0.717, 1.165) is 12.1 Å². The Hall–Kier alpha value is -3.02. The number of benzene rings is 2. The summed E-state index contributed by atoms with van der Waals surface area (Å²) in [6.07, 6.45) is 0.183. The van der Waals surface area contributed by atoms with E-state index in [1.165, 1.54) is 0 Å². The molecule has 0 fully saturated rings. The van der Waals surface area contributed by atoms with E-state index in [4.69, 9.17) is 9.47 Å². The molecular weight excluding hydrogens is 368 g/mol. The normalized spacial score (nSPS) is 16.3. The molecule has 0 saturated carbocycles. The van der Waals surface area contributed by atoms with Crippen molar-refractivity contribution >= 4 is 23.2 Å². The van der Waals surface area contributed by atoms with Crippen LogP contribution in [0.3, 0.4) is 0 Å². The molecule has 154 valence electrons. The molecule has 0 saturated heterocycles. The van der Waals surface area contributed by atoms with Crippen LogP contribution in [0.2, 0.25) is 0 Å². The number of rotatable bonds is 6. The van der Waals surface area contributed by atoms with Gasteiger partial charge in [0.25, 0.3) is 5.91 Å². The van der Waals surface area contributed by atoms with Crippen LogP contribution in [0.1, 0.15) is 34.1 Å². The summed E-state index contributed by atoms with van der Waals surface area (Å²) in [7, 11) is 0. The van der Waals surface area contributed by atoms with E-state index >= 15 is 0 Å². The first-order valence-electron chi connectivity index (χ1n) is 9.93. The van der Waals surface area contributed by atoms with Crippen molar-refractivity contribution in [3.63, 3.8) is 0 Å². The largest absolute Gasteiger partial charge is 0.490 e. The Morgan fingerprint density at radius 1 is 1.24 bits per heavy atom. The number of hydrogen-bond donors (Lipinski definition) is 1. The minimum Gasteiger partial charge on any atom is -0.490 e. The molecular formula is C23H28N2O4. The first-order chi connectivity index (χ1) is 13.8. The van der Waals surface area contributed by atoms with Crippen molar-refractivity contribution in [1.82, 2.24) is 0 Å². The number of ether oxygens (including phenoxy) is 2. The summed E-state index contributed by atoms with van der Waals surface area (Å²) in [4.78, 5) is 27.2. The first kappa shape index (κ1) is 20.7. The lowest BCUT2D eigenvalue weighted by atomic mass is 9.93. The quantitative estimate of drug-likeness (QED) is 0.792. The zero-order chi connectivity index (χ0) is 21.0. The molecule has 0 aliphatic carbocycles. The van der Waals surface area contributed by atoms with Crippen LogP contribution in [0.4, 0.5) is 11.4 Å². The van der Waals surface area contributed by atoms with Crippen LogP contribution in [0.5, 0.6) is 11.5 Å². The molecule has 1 atom stereocenters. The monoisotopic (exact) mass is 396 g/mol. The summed E-state index contributed by atoms with van der Waals surface area (Å²) < 4.78 is 11.6. The lowest BCUT2D eigenvalue weighted by molar-refractivity contribution is -0.127. The van der Waals surface area contributed by atoms with Gasteiger partial charge in [-0.05, 0) is 51.5 Å². The van der Waals surface area contributed by atoms with E-state index in [1.807, 2.05) is 45.0 Å². The standard InChI is InChI=1S/C23H28N2O4/c1-5-13-25-19-12-11-17(14-20(19)28-15-23(3,4)22(25)27)24-21(26)16(2)29-18-9-7-6-8-10-18/h6-12,14,16H,5,13,15H2,1-4H3,(H,24,26). The van der Waals surface area contributed by atoms with Gasteiger partial charge >= 0.3 is 0 Å². The predicted molar refractivity (Wildman–Crippen MR) is 114 cm³/mol. The van der Waals surface area contributed by atoms with Gasteiger partial charge in [0.05, 0.1) is 11.1 Å². The number of amides is 2. The fourth-order valence-electron chi connectivity index (χ4n) is 3.17. The molecule has 2 aromatic rings. The Morgan fingerprint density at radius 3 is 2.66 bits per heavy atom. The van der Waals surface area contributed by atoms with E-state index in [-0.39, 0.29) is 18.4 Å². The first-order valence-corrected chi connectivity index (χ1v) is 9.93. The molecule has 1 aliphatic rings. The van der Waals surface area contributed by atoms with Gasteiger partial charge in [-0.2, -0.15) is 0 Å². The number of nitrogens with one attached hydrogen (secondary N) is 1. The highest BCUT2D eigenvalue weighted by molar-refractivity contribution is 6.00. The van der Waals surface area contributed by atoms with Gasteiger partial charge < -0.3 is 19.7 Å². The summed E-state index contributed by atoms with van der Waals surface area (Å²) in [5.41, 5.74) is 0.713. The zero-order valence-electron chi connectivity index (χ0n) is 17.4. The van der Waals surface area contributed by atoms with Crippen molar-refractivity contribution in [2.24, 2.45) is 5.41 Å². The van der Waals surface area contributed by atoms with Crippen molar-refractivity contribution in [1.29, 1.82) is 0 Å². The number of nitrogens with zero attached hydrogens (tertiary/aromatic N) is 1. The molecule has 0 spiro atoms. The number of hydrogen-bond acceptors (Lipinski definition) is 4. The lowest BCUT2D eigenvalue weighted by Crippen LogP contribution is -2.42. The number of fused-ring (bicyclic) bond motifs is 1. The maximum atomic E-state index is 12.9. The van der Waals surface area contributed by atoms with Crippen molar-refractivity contribution in [2.45, 2.75) is 40.2 Å². The maximum absolute atomic E-state index is 12.9. The van der Waals surface area contributed by atoms with Crippen LogP contribution in [-0.2, 0) is 9.59 Å². The van der Waals surface area contributed by atoms with Crippen molar-refractivity contribution in [2.75, 3.05) is 23.4 Å². The van der Waals surface area contributed by atoms with Crippen LogP contribution < -0.4 is 19.7 Å². The second-order valence-corrected chi connectivity index (χ2v) is 7.87. The van der Waals surface area contributed by atoms with Crippen molar-refractivity contribution < 1.29 is 19.1 Å². The van der Waals surface area contributed by atoms with Gasteiger partial charge in [-0.1, -0.05) is 25.1 Å². The number of anilines is 2. The lowest BCUT2D eigenvalue weighted by Gasteiger charge is -2.27. The predicted octanol–water partition coefficient (Wildman–Crippen LogP) is 4.25. The van der Waals surface area contributed by atoms with Gasteiger partial charge in [0.2, 0.25) is 5.91 Å². The summed E-state index contributed by atoms with van der Waals surface area (Å²) in [5.74, 6) is 1.01. The van der Waals surface area contributed by atoms with E-state index < -0.39 is 11.5 Å².